The number of carbonyl (C=O) groups is 4. The van der Waals surface area contributed by atoms with E-state index < -0.39 is 54.5 Å². The minimum Gasteiger partial charge on any atom is -0.480 e. The first-order valence-electron chi connectivity index (χ1n) is 11.6. The number of benzene rings is 1. The Kier molecular flexibility index (Phi) is 11.2. The molecule has 0 spiro atoms. The molecule has 3 amide bonds. The maximum atomic E-state index is 13.2. The number of carbonyl (C=O) groups excluding carboxylic acids is 3. The van der Waals surface area contributed by atoms with Crippen LogP contribution in [0.3, 0.4) is 0 Å². The molecular weight excluding hydrogens is 486 g/mol. The van der Waals surface area contributed by atoms with E-state index >= 15 is 0 Å². The highest BCUT2D eigenvalue weighted by Crippen LogP contribution is 2.19. The van der Waals surface area contributed by atoms with Crippen LogP contribution in [0.4, 0.5) is 0 Å². The Morgan fingerprint density at radius 3 is 2.22 bits per heavy atom. The lowest BCUT2D eigenvalue weighted by atomic mass is 10.0. The summed E-state index contributed by atoms with van der Waals surface area (Å²) in [6.07, 6.45) is 3.94. The number of aliphatic hydroxyl groups is 1. The monoisotopic (exact) mass is 521 g/mol. The van der Waals surface area contributed by atoms with Gasteiger partial charge in [-0.15, -0.1) is 0 Å². The van der Waals surface area contributed by atoms with Gasteiger partial charge in [0.2, 0.25) is 17.7 Å². The van der Waals surface area contributed by atoms with E-state index in [2.05, 4.69) is 20.9 Å². The maximum absolute atomic E-state index is 13.2. The van der Waals surface area contributed by atoms with Gasteiger partial charge in [-0.05, 0) is 36.0 Å². The fourth-order valence-corrected chi connectivity index (χ4v) is 4.01. The van der Waals surface area contributed by atoms with Crippen LogP contribution in [-0.2, 0) is 25.6 Å². The van der Waals surface area contributed by atoms with Crippen molar-refractivity contribution < 1.29 is 29.4 Å². The van der Waals surface area contributed by atoms with Gasteiger partial charge in [-0.3, -0.25) is 14.4 Å². The van der Waals surface area contributed by atoms with Gasteiger partial charge >= 0.3 is 5.97 Å². The van der Waals surface area contributed by atoms with Gasteiger partial charge in [-0.1, -0.05) is 32.0 Å². The van der Waals surface area contributed by atoms with Crippen molar-refractivity contribution in [3.8, 4) is 0 Å². The molecule has 1 aromatic carbocycles. The highest BCUT2D eigenvalue weighted by molar-refractivity contribution is 7.98. The SMILES string of the molecule is CSCCC(NC(=O)C(N)C(C)C)C(=O)NC(Cc1c[nH]c2ccccc12)C(=O)NC(CO)C(=O)O. The Morgan fingerprint density at radius 2 is 1.61 bits per heavy atom. The zero-order chi connectivity index (χ0) is 26.8. The van der Waals surface area contributed by atoms with E-state index in [1.807, 2.05) is 30.5 Å². The lowest BCUT2D eigenvalue weighted by molar-refractivity contribution is -0.143. The zero-order valence-electron chi connectivity index (χ0n) is 20.6. The van der Waals surface area contributed by atoms with Crippen molar-refractivity contribution in [1.29, 1.82) is 0 Å². The number of nitrogens with two attached hydrogens (primary N) is 1. The Labute approximate surface area is 214 Å². The molecular formula is C24H35N5O6S. The first-order chi connectivity index (χ1) is 17.1. The minimum absolute atomic E-state index is 0.0497. The normalized spacial score (nSPS) is 14.6. The van der Waals surface area contributed by atoms with Crippen LogP contribution in [0.1, 0.15) is 25.8 Å². The van der Waals surface area contributed by atoms with E-state index in [-0.39, 0.29) is 12.3 Å². The number of rotatable bonds is 14. The first kappa shape index (κ1) is 29.1. The summed E-state index contributed by atoms with van der Waals surface area (Å²) in [5.41, 5.74) is 7.50. The number of nitrogens with one attached hydrogen (secondary N) is 4. The third-order valence-electron chi connectivity index (χ3n) is 5.79. The average molecular weight is 522 g/mol. The average Bonchev–Trinajstić information content (AvgIpc) is 3.26. The van der Waals surface area contributed by atoms with Crippen LogP contribution in [0.5, 0.6) is 0 Å². The van der Waals surface area contributed by atoms with Crippen LogP contribution in [0, 0.1) is 5.92 Å². The number of aromatic amines is 1. The summed E-state index contributed by atoms with van der Waals surface area (Å²) in [4.78, 5) is 53.3. The number of hydrogen-bond donors (Lipinski definition) is 7. The Hall–Kier alpha value is -3.09. The smallest absolute Gasteiger partial charge is 0.328 e. The van der Waals surface area contributed by atoms with Crippen LogP contribution in [-0.4, -0.2) is 81.7 Å². The highest BCUT2D eigenvalue weighted by Gasteiger charge is 2.31. The fourth-order valence-electron chi connectivity index (χ4n) is 3.53. The number of fused-ring (bicyclic) bond motifs is 1. The molecule has 0 saturated carbocycles. The van der Waals surface area contributed by atoms with E-state index in [1.54, 1.807) is 20.0 Å². The highest BCUT2D eigenvalue weighted by atomic mass is 32.2. The molecule has 4 unspecified atom stereocenters. The van der Waals surface area contributed by atoms with Gasteiger partial charge in [0.1, 0.15) is 18.1 Å². The van der Waals surface area contributed by atoms with Crippen LogP contribution < -0.4 is 21.7 Å². The van der Waals surface area contributed by atoms with Crippen molar-refractivity contribution in [3.05, 3.63) is 36.0 Å². The van der Waals surface area contributed by atoms with Crippen molar-refractivity contribution in [1.82, 2.24) is 20.9 Å². The van der Waals surface area contributed by atoms with Gasteiger partial charge in [0.25, 0.3) is 0 Å². The van der Waals surface area contributed by atoms with E-state index in [4.69, 9.17) is 5.73 Å². The number of carboxylic acid groups (broad SMARTS) is 1. The molecule has 2 rings (SSSR count). The number of thioether (sulfide) groups is 1. The molecule has 2 aromatic rings. The topological polar surface area (TPSA) is 187 Å². The van der Waals surface area contributed by atoms with E-state index in [1.165, 1.54) is 11.8 Å². The molecule has 1 aromatic heterocycles. The molecule has 0 saturated heterocycles. The van der Waals surface area contributed by atoms with Gasteiger partial charge in [-0.2, -0.15) is 11.8 Å². The molecule has 1 heterocycles. The number of aromatic nitrogens is 1. The standard InChI is InChI=1S/C24H35N5O6S/c1-13(2)20(25)23(33)27-17(8-9-36-3)21(31)28-18(22(32)29-19(12-30)24(34)35)10-14-11-26-16-7-5-4-6-15(14)16/h4-7,11,13,17-20,26,30H,8-10,12,25H2,1-3H3,(H,27,33)(H,28,31)(H,29,32)(H,34,35). The summed E-state index contributed by atoms with van der Waals surface area (Å²) in [5, 5.41) is 27.0. The molecule has 36 heavy (non-hydrogen) atoms. The summed E-state index contributed by atoms with van der Waals surface area (Å²) in [6, 6.07) is 2.97. The second-order valence-electron chi connectivity index (χ2n) is 8.82. The third-order valence-corrected chi connectivity index (χ3v) is 6.44. The van der Waals surface area contributed by atoms with Crippen LogP contribution in [0.15, 0.2) is 30.5 Å². The number of aliphatic hydroxyl groups excluding tert-OH is 1. The Morgan fingerprint density at radius 1 is 1.00 bits per heavy atom. The lowest BCUT2D eigenvalue weighted by Gasteiger charge is -2.25. The van der Waals surface area contributed by atoms with Crippen molar-refractivity contribution in [2.45, 2.75) is 50.9 Å². The van der Waals surface area contributed by atoms with Crippen molar-refractivity contribution >= 4 is 46.4 Å². The summed E-state index contributed by atoms with van der Waals surface area (Å²) in [5.74, 6) is -2.82. The molecule has 12 heteroatoms. The third kappa shape index (κ3) is 7.97. The molecule has 0 fully saturated rings. The summed E-state index contributed by atoms with van der Waals surface area (Å²) >= 11 is 1.50. The lowest BCUT2D eigenvalue weighted by Crippen LogP contribution is -2.58. The van der Waals surface area contributed by atoms with Gasteiger partial charge in [-0.25, -0.2) is 4.79 Å². The molecule has 8 N–H and O–H groups in total. The van der Waals surface area contributed by atoms with Crippen molar-refractivity contribution in [2.75, 3.05) is 18.6 Å². The summed E-state index contributed by atoms with van der Waals surface area (Å²) in [6.45, 7) is 2.78. The molecule has 0 radical (unpaired) electrons. The first-order valence-corrected chi connectivity index (χ1v) is 13.0. The largest absolute Gasteiger partial charge is 0.480 e. The predicted octanol–water partition coefficient (Wildman–Crippen LogP) is -0.0219. The fraction of sp³-hybridized carbons (Fsp3) is 0.500. The molecule has 0 bridgehead atoms. The number of carboxylic acids is 1. The Balaban J connectivity index is 2.29. The predicted molar refractivity (Wildman–Crippen MR) is 138 cm³/mol. The quantitative estimate of drug-likeness (QED) is 0.181. The van der Waals surface area contributed by atoms with Gasteiger partial charge < -0.3 is 36.9 Å². The van der Waals surface area contributed by atoms with Gasteiger partial charge in [0, 0.05) is 23.5 Å². The van der Waals surface area contributed by atoms with E-state index in [0.717, 1.165) is 16.5 Å². The van der Waals surface area contributed by atoms with Crippen molar-refractivity contribution in [3.63, 3.8) is 0 Å². The van der Waals surface area contributed by atoms with Crippen molar-refractivity contribution in [2.24, 2.45) is 11.7 Å². The second-order valence-corrected chi connectivity index (χ2v) is 9.80. The number of amides is 3. The van der Waals surface area contributed by atoms with Gasteiger partial charge in [0.15, 0.2) is 0 Å². The Bertz CT molecular complexity index is 1060. The number of para-hydroxylation sites is 1. The summed E-state index contributed by atoms with van der Waals surface area (Å²) < 4.78 is 0. The maximum Gasteiger partial charge on any atom is 0.328 e. The molecule has 198 valence electrons. The van der Waals surface area contributed by atoms with Crippen LogP contribution >= 0.6 is 11.8 Å². The number of hydrogen-bond acceptors (Lipinski definition) is 7. The minimum atomic E-state index is -1.53. The summed E-state index contributed by atoms with van der Waals surface area (Å²) in [7, 11) is 0. The van der Waals surface area contributed by atoms with E-state index in [9.17, 15) is 29.4 Å². The molecule has 4 atom stereocenters. The molecule has 0 aliphatic carbocycles. The number of H-pyrrole nitrogens is 1. The van der Waals surface area contributed by atoms with Gasteiger partial charge in [0.05, 0.1) is 12.6 Å². The molecule has 0 aliphatic rings. The van der Waals surface area contributed by atoms with Crippen LogP contribution in [0.25, 0.3) is 10.9 Å². The van der Waals surface area contributed by atoms with Crippen LogP contribution in [0.2, 0.25) is 0 Å². The molecule has 11 nitrogen and oxygen atoms in total. The van der Waals surface area contributed by atoms with E-state index in [0.29, 0.717) is 12.2 Å². The zero-order valence-corrected chi connectivity index (χ0v) is 21.4. The second kappa shape index (κ2) is 13.9. The number of aliphatic carboxylic acids is 1. The molecule has 0 aliphatic heterocycles.